The van der Waals surface area contributed by atoms with Gasteiger partial charge in [0, 0.05) is 61.3 Å². The number of nitrogens with one attached hydrogen (secondary N) is 2. The number of hydrogen-bond donors (Lipinski definition) is 3. The third-order valence-corrected chi connectivity index (χ3v) is 7.47. The van der Waals surface area contributed by atoms with Gasteiger partial charge in [0.15, 0.2) is 5.82 Å². The molecule has 1 aromatic heterocycles. The molecular weight excluding hydrogens is 446 g/mol. The summed E-state index contributed by atoms with van der Waals surface area (Å²) in [6.07, 6.45) is 5.78. The zero-order chi connectivity index (χ0) is 24.1. The van der Waals surface area contributed by atoms with Gasteiger partial charge in [-0.05, 0) is 70.7 Å². The van der Waals surface area contributed by atoms with Gasteiger partial charge in [-0.3, -0.25) is 0 Å². The monoisotopic (exact) mass is 483 g/mol. The van der Waals surface area contributed by atoms with Gasteiger partial charge in [-0.15, -0.1) is 0 Å². The van der Waals surface area contributed by atoms with Crippen molar-refractivity contribution in [2.24, 2.45) is 0 Å². The highest BCUT2D eigenvalue weighted by Crippen LogP contribution is 2.30. The Morgan fingerprint density at radius 3 is 2.38 bits per heavy atom. The van der Waals surface area contributed by atoms with Gasteiger partial charge in [0.2, 0.25) is 5.88 Å². The average molecular weight is 484 g/mol. The number of likely N-dealkylation sites (tertiary alicyclic amines) is 1. The van der Waals surface area contributed by atoms with Crippen molar-refractivity contribution >= 4 is 29.4 Å². The Morgan fingerprint density at radius 1 is 1.09 bits per heavy atom. The maximum atomic E-state index is 8.19. The molecule has 2 saturated heterocycles. The van der Waals surface area contributed by atoms with E-state index < -0.39 is 0 Å². The predicted octanol–water partition coefficient (Wildman–Crippen LogP) is 4.83. The number of nitrogens with zero attached hydrogens (tertiary/aromatic N) is 4. The molecule has 4 N–H and O–H groups in total. The smallest absolute Gasteiger partial charge is 0.228 e. The van der Waals surface area contributed by atoms with Crippen molar-refractivity contribution in [2.75, 3.05) is 36.6 Å². The normalized spacial score (nSPS) is 18.2. The van der Waals surface area contributed by atoms with Crippen LogP contribution in [0.3, 0.4) is 0 Å². The van der Waals surface area contributed by atoms with Crippen LogP contribution in [0.1, 0.15) is 58.4 Å². The molecule has 0 saturated carbocycles. The summed E-state index contributed by atoms with van der Waals surface area (Å²) in [5.41, 5.74) is 9.00. The lowest BCUT2D eigenvalue weighted by molar-refractivity contribution is 0.0812. The molecule has 0 unspecified atom stereocenters. The summed E-state index contributed by atoms with van der Waals surface area (Å²) in [7, 11) is 0. The number of rotatable bonds is 8. The number of benzene rings is 1. The highest BCUT2D eigenvalue weighted by molar-refractivity contribution is 7.98. The van der Waals surface area contributed by atoms with Gasteiger partial charge >= 0.3 is 0 Å². The number of aromatic nitrogens is 2. The maximum absolute atomic E-state index is 8.19. The molecule has 184 valence electrons. The number of hydrogen-bond acceptors (Lipinski definition) is 9. The van der Waals surface area contributed by atoms with Crippen LogP contribution < -0.4 is 15.2 Å². The van der Waals surface area contributed by atoms with Crippen LogP contribution in [-0.4, -0.2) is 63.2 Å². The van der Waals surface area contributed by atoms with Crippen molar-refractivity contribution in [1.82, 2.24) is 19.2 Å². The first kappa shape index (κ1) is 24.8. The zero-order valence-corrected chi connectivity index (χ0v) is 21.3. The molecule has 0 amide bonds. The highest BCUT2D eigenvalue weighted by Gasteiger charge is 2.25. The van der Waals surface area contributed by atoms with E-state index in [0.717, 1.165) is 50.3 Å². The van der Waals surface area contributed by atoms with Crippen LogP contribution in [0.5, 0.6) is 5.88 Å². The Labute approximate surface area is 207 Å². The summed E-state index contributed by atoms with van der Waals surface area (Å²) in [4.78, 5) is 11.7. The van der Waals surface area contributed by atoms with Crippen molar-refractivity contribution in [3.05, 3.63) is 29.8 Å². The fourth-order valence-corrected chi connectivity index (χ4v) is 5.26. The molecule has 34 heavy (non-hydrogen) atoms. The summed E-state index contributed by atoms with van der Waals surface area (Å²) in [5, 5.41) is 8.19. The number of nitrogen functional groups attached to an aromatic ring is 1. The molecule has 2 aliphatic rings. The van der Waals surface area contributed by atoms with Crippen molar-refractivity contribution in [3.8, 4) is 17.3 Å². The number of nitrogens with two attached hydrogens (primary N) is 1. The van der Waals surface area contributed by atoms with E-state index in [1.54, 1.807) is 19.1 Å². The number of ether oxygens (including phenoxy) is 1. The first-order valence-corrected chi connectivity index (χ1v) is 13.1. The van der Waals surface area contributed by atoms with Gasteiger partial charge < -0.3 is 25.5 Å². The minimum Gasteiger partial charge on any atom is -0.474 e. The van der Waals surface area contributed by atoms with E-state index in [9.17, 15) is 0 Å². The summed E-state index contributed by atoms with van der Waals surface area (Å²) < 4.78 is 12.1. The second-order valence-corrected chi connectivity index (χ2v) is 10.3. The van der Waals surface area contributed by atoms with Gasteiger partial charge in [0.05, 0.1) is 5.56 Å². The third kappa shape index (κ3) is 6.20. The SMILES string of the molecule is CC(=N)c1c(N)nc(-c2ccc(NSN3CCCCC3)cc2)nc1OC1CCN(C(C)C)CC1. The molecule has 2 aromatic rings. The van der Waals surface area contributed by atoms with E-state index in [1.165, 1.54) is 19.3 Å². The summed E-state index contributed by atoms with van der Waals surface area (Å²) in [5.74, 6) is 1.23. The van der Waals surface area contributed by atoms with E-state index in [1.807, 2.05) is 24.3 Å². The minimum absolute atomic E-state index is 0.0636. The fraction of sp³-hybridized carbons (Fsp3) is 0.560. The van der Waals surface area contributed by atoms with Crippen LogP contribution in [0.25, 0.3) is 11.4 Å². The van der Waals surface area contributed by atoms with E-state index >= 15 is 0 Å². The van der Waals surface area contributed by atoms with Crippen LogP contribution in [0.4, 0.5) is 11.5 Å². The van der Waals surface area contributed by atoms with Crippen LogP contribution in [0.2, 0.25) is 0 Å². The van der Waals surface area contributed by atoms with Gasteiger partial charge in [0.25, 0.3) is 0 Å². The second kappa shape index (κ2) is 11.4. The van der Waals surface area contributed by atoms with Crippen LogP contribution in [0.15, 0.2) is 24.3 Å². The molecule has 3 heterocycles. The van der Waals surface area contributed by atoms with Gasteiger partial charge in [-0.2, -0.15) is 4.98 Å². The first-order chi connectivity index (χ1) is 16.4. The summed E-state index contributed by atoms with van der Waals surface area (Å²) in [6.45, 7) is 10.4. The largest absolute Gasteiger partial charge is 0.474 e. The van der Waals surface area contributed by atoms with Gasteiger partial charge in [-0.25, -0.2) is 9.29 Å². The molecule has 2 fully saturated rings. The standard InChI is InChI=1S/C25H37N7OS/c1-17(2)31-15-11-21(12-16-31)33-25-22(18(3)26)23(27)28-24(29-25)19-7-9-20(10-8-19)30-34-32-13-5-4-6-14-32/h7-10,17,21,26,30H,4-6,11-16H2,1-3H3,(H2,27,28,29). The molecule has 2 aliphatic heterocycles. The molecule has 0 radical (unpaired) electrons. The number of anilines is 2. The topological polar surface area (TPSA) is 103 Å². The zero-order valence-electron chi connectivity index (χ0n) is 20.5. The lowest BCUT2D eigenvalue weighted by Gasteiger charge is -2.34. The Hall–Kier alpha value is -2.36. The highest BCUT2D eigenvalue weighted by atomic mass is 32.2. The van der Waals surface area contributed by atoms with E-state index in [-0.39, 0.29) is 11.9 Å². The lowest BCUT2D eigenvalue weighted by Crippen LogP contribution is -2.42. The Morgan fingerprint density at radius 2 is 1.76 bits per heavy atom. The third-order valence-electron chi connectivity index (χ3n) is 6.51. The van der Waals surface area contributed by atoms with E-state index in [2.05, 4.69) is 32.8 Å². The van der Waals surface area contributed by atoms with Crippen molar-refractivity contribution < 1.29 is 4.74 Å². The minimum atomic E-state index is 0.0636. The molecule has 0 spiro atoms. The van der Waals surface area contributed by atoms with E-state index in [0.29, 0.717) is 29.0 Å². The molecule has 4 rings (SSSR count). The average Bonchev–Trinajstić information content (AvgIpc) is 2.83. The molecule has 0 atom stereocenters. The summed E-state index contributed by atoms with van der Waals surface area (Å²) >= 11 is 1.67. The van der Waals surface area contributed by atoms with Crippen molar-refractivity contribution in [1.29, 1.82) is 5.41 Å². The Bertz CT molecular complexity index is 968. The Balaban J connectivity index is 1.47. The van der Waals surface area contributed by atoms with Gasteiger partial charge in [0.1, 0.15) is 11.9 Å². The molecule has 0 aliphatic carbocycles. The van der Waals surface area contributed by atoms with Crippen LogP contribution >= 0.6 is 12.1 Å². The van der Waals surface area contributed by atoms with Crippen molar-refractivity contribution in [2.45, 2.75) is 65.0 Å². The predicted molar refractivity (Wildman–Crippen MR) is 141 cm³/mol. The van der Waals surface area contributed by atoms with E-state index in [4.69, 9.17) is 20.9 Å². The molecule has 1 aromatic carbocycles. The van der Waals surface area contributed by atoms with Gasteiger partial charge in [-0.1, -0.05) is 6.42 Å². The van der Waals surface area contributed by atoms with Crippen LogP contribution in [-0.2, 0) is 0 Å². The van der Waals surface area contributed by atoms with Crippen LogP contribution in [0, 0.1) is 5.41 Å². The lowest BCUT2D eigenvalue weighted by atomic mass is 10.1. The maximum Gasteiger partial charge on any atom is 0.228 e. The Kier molecular flexibility index (Phi) is 8.28. The second-order valence-electron chi connectivity index (χ2n) is 9.44. The molecule has 0 bridgehead atoms. The van der Waals surface area contributed by atoms with Crippen molar-refractivity contribution in [3.63, 3.8) is 0 Å². The molecular formula is C25H37N7OS. The number of piperidine rings is 2. The molecule has 9 heteroatoms. The molecule has 8 nitrogen and oxygen atoms in total. The first-order valence-electron chi connectivity index (χ1n) is 12.3. The quantitative estimate of drug-likeness (QED) is 0.362. The summed E-state index contributed by atoms with van der Waals surface area (Å²) in [6, 6.07) is 8.59. The fourth-order valence-electron chi connectivity index (χ4n) is 4.45.